The molecule has 0 bridgehead atoms. The summed E-state index contributed by atoms with van der Waals surface area (Å²) in [5.74, 6) is 0.461. The van der Waals surface area contributed by atoms with Crippen molar-refractivity contribution in [3.05, 3.63) is 35.4 Å². The molecule has 1 N–H and O–H groups in total. The number of benzene rings is 1. The molecule has 1 aromatic carbocycles. The molecular weight excluding hydrogens is 164 g/mol. The highest BCUT2D eigenvalue weighted by atomic mass is 16.3. The van der Waals surface area contributed by atoms with Gasteiger partial charge in [0.1, 0.15) is 0 Å². The van der Waals surface area contributed by atoms with Gasteiger partial charge in [-0.1, -0.05) is 24.3 Å². The Morgan fingerprint density at radius 3 is 2.92 bits per heavy atom. The van der Waals surface area contributed by atoms with Gasteiger partial charge >= 0.3 is 0 Å². The number of carbonyl (C=O) groups is 1. The molecule has 68 valence electrons. The Labute approximate surface area is 77.2 Å². The van der Waals surface area contributed by atoms with Crippen LogP contribution in [0, 0.1) is 0 Å². The summed E-state index contributed by atoms with van der Waals surface area (Å²) >= 11 is 0. The minimum atomic E-state index is 0.159. The first-order valence-corrected chi connectivity index (χ1v) is 4.56. The van der Waals surface area contributed by atoms with Crippen LogP contribution in [0.3, 0.4) is 0 Å². The molecule has 0 saturated heterocycles. The minimum absolute atomic E-state index is 0.159. The van der Waals surface area contributed by atoms with E-state index >= 15 is 0 Å². The topological polar surface area (TPSA) is 37.3 Å². The van der Waals surface area contributed by atoms with Gasteiger partial charge in [-0.25, -0.2) is 0 Å². The molecule has 0 aromatic heterocycles. The summed E-state index contributed by atoms with van der Waals surface area (Å²) in [5, 5.41) is 8.83. The molecule has 0 aliphatic heterocycles. The van der Waals surface area contributed by atoms with Gasteiger partial charge in [-0.2, -0.15) is 0 Å². The van der Waals surface area contributed by atoms with Crippen LogP contribution in [0.5, 0.6) is 0 Å². The first kappa shape index (κ1) is 8.45. The van der Waals surface area contributed by atoms with Gasteiger partial charge in [-0.05, 0) is 17.9 Å². The third-order valence-electron chi connectivity index (χ3n) is 2.61. The van der Waals surface area contributed by atoms with E-state index in [9.17, 15) is 4.79 Å². The van der Waals surface area contributed by atoms with Gasteiger partial charge < -0.3 is 5.11 Å². The van der Waals surface area contributed by atoms with Crippen LogP contribution in [0.4, 0.5) is 0 Å². The Hall–Kier alpha value is -1.15. The number of aliphatic hydroxyl groups is 1. The van der Waals surface area contributed by atoms with Crippen LogP contribution >= 0.6 is 0 Å². The lowest BCUT2D eigenvalue weighted by atomic mass is 9.98. The molecule has 0 radical (unpaired) electrons. The van der Waals surface area contributed by atoms with E-state index in [2.05, 4.69) is 0 Å². The maximum Gasteiger partial charge on any atom is 0.163 e. The van der Waals surface area contributed by atoms with Crippen LogP contribution in [0.2, 0.25) is 0 Å². The number of rotatable bonds is 2. The van der Waals surface area contributed by atoms with E-state index in [0.717, 1.165) is 11.1 Å². The number of carbonyl (C=O) groups excluding carboxylic acids is 1. The van der Waals surface area contributed by atoms with Crippen LogP contribution in [-0.4, -0.2) is 17.5 Å². The molecule has 1 atom stereocenters. The summed E-state index contributed by atoms with van der Waals surface area (Å²) in [6.45, 7) is 0.159. The zero-order valence-corrected chi connectivity index (χ0v) is 7.36. The second kappa shape index (κ2) is 3.30. The SMILES string of the molecule is O=C1CC(CCO)c2ccccc21. The van der Waals surface area contributed by atoms with Gasteiger partial charge in [-0.15, -0.1) is 0 Å². The minimum Gasteiger partial charge on any atom is -0.396 e. The number of ketones is 1. The number of hydrogen-bond donors (Lipinski definition) is 1. The molecule has 0 saturated carbocycles. The quantitative estimate of drug-likeness (QED) is 0.745. The molecule has 13 heavy (non-hydrogen) atoms. The van der Waals surface area contributed by atoms with Crippen molar-refractivity contribution in [2.75, 3.05) is 6.61 Å². The highest BCUT2D eigenvalue weighted by Crippen LogP contribution is 2.34. The van der Waals surface area contributed by atoms with Gasteiger partial charge in [0.15, 0.2) is 5.78 Å². The summed E-state index contributed by atoms with van der Waals surface area (Å²) in [7, 11) is 0. The Morgan fingerprint density at radius 1 is 1.38 bits per heavy atom. The summed E-state index contributed by atoms with van der Waals surface area (Å²) < 4.78 is 0. The monoisotopic (exact) mass is 176 g/mol. The van der Waals surface area contributed by atoms with E-state index in [0.29, 0.717) is 12.8 Å². The molecule has 1 aliphatic carbocycles. The summed E-state index contributed by atoms with van der Waals surface area (Å²) in [4.78, 5) is 11.5. The van der Waals surface area contributed by atoms with E-state index in [4.69, 9.17) is 5.11 Å². The summed E-state index contributed by atoms with van der Waals surface area (Å²) in [5.41, 5.74) is 1.96. The largest absolute Gasteiger partial charge is 0.396 e. The fourth-order valence-electron chi connectivity index (χ4n) is 1.96. The van der Waals surface area contributed by atoms with Gasteiger partial charge in [0.05, 0.1) is 0 Å². The second-order valence-electron chi connectivity index (χ2n) is 3.42. The molecule has 2 nitrogen and oxygen atoms in total. The maximum absolute atomic E-state index is 11.5. The zero-order chi connectivity index (χ0) is 9.26. The average Bonchev–Trinajstić information content (AvgIpc) is 2.46. The van der Waals surface area contributed by atoms with Crippen molar-refractivity contribution in [2.45, 2.75) is 18.8 Å². The van der Waals surface area contributed by atoms with Gasteiger partial charge in [0, 0.05) is 18.6 Å². The predicted molar refractivity (Wildman–Crippen MR) is 49.8 cm³/mol. The van der Waals surface area contributed by atoms with Crippen molar-refractivity contribution < 1.29 is 9.90 Å². The van der Waals surface area contributed by atoms with E-state index in [-0.39, 0.29) is 18.3 Å². The summed E-state index contributed by atoms with van der Waals surface area (Å²) in [6, 6.07) is 7.69. The number of aliphatic hydroxyl groups excluding tert-OH is 1. The standard InChI is InChI=1S/C11H12O2/c12-6-5-8-7-11(13)10-4-2-1-3-9(8)10/h1-4,8,12H,5-7H2. The highest BCUT2D eigenvalue weighted by Gasteiger charge is 2.27. The van der Waals surface area contributed by atoms with E-state index in [1.54, 1.807) is 0 Å². The molecule has 0 spiro atoms. The lowest BCUT2D eigenvalue weighted by molar-refractivity contribution is 0.0986. The van der Waals surface area contributed by atoms with Crippen molar-refractivity contribution >= 4 is 5.78 Å². The molecule has 0 heterocycles. The molecule has 1 unspecified atom stereocenters. The Balaban J connectivity index is 2.36. The first-order chi connectivity index (χ1) is 6.33. The van der Waals surface area contributed by atoms with Gasteiger partial charge in [0.25, 0.3) is 0 Å². The van der Waals surface area contributed by atoms with Crippen LogP contribution in [0.1, 0.15) is 34.7 Å². The molecule has 1 aliphatic rings. The second-order valence-corrected chi connectivity index (χ2v) is 3.42. The van der Waals surface area contributed by atoms with Crippen LogP contribution in [0.25, 0.3) is 0 Å². The molecule has 0 fully saturated rings. The lowest BCUT2D eigenvalue weighted by Gasteiger charge is -2.06. The highest BCUT2D eigenvalue weighted by molar-refractivity contribution is 6.01. The van der Waals surface area contributed by atoms with Crippen molar-refractivity contribution in [1.29, 1.82) is 0 Å². The Bertz CT molecular complexity index is 331. The molecular formula is C11H12O2. The Kier molecular flexibility index (Phi) is 2.15. The van der Waals surface area contributed by atoms with Crippen molar-refractivity contribution in [2.24, 2.45) is 0 Å². The molecule has 0 amide bonds. The first-order valence-electron chi connectivity index (χ1n) is 4.56. The van der Waals surface area contributed by atoms with Crippen LogP contribution in [-0.2, 0) is 0 Å². The van der Waals surface area contributed by atoms with E-state index < -0.39 is 0 Å². The predicted octanol–water partition coefficient (Wildman–Crippen LogP) is 1.74. The smallest absolute Gasteiger partial charge is 0.163 e. The molecule has 2 rings (SSSR count). The van der Waals surface area contributed by atoms with Crippen molar-refractivity contribution in [3.8, 4) is 0 Å². The van der Waals surface area contributed by atoms with Crippen LogP contribution in [0.15, 0.2) is 24.3 Å². The molecule has 2 heteroatoms. The average molecular weight is 176 g/mol. The maximum atomic E-state index is 11.5. The number of hydrogen-bond acceptors (Lipinski definition) is 2. The Morgan fingerprint density at radius 2 is 2.15 bits per heavy atom. The van der Waals surface area contributed by atoms with Crippen LogP contribution < -0.4 is 0 Å². The lowest BCUT2D eigenvalue weighted by Crippen LogP contribution is -1.96. The van der Waals surface area contributed by atoms with Gasteiger partial charge in [0.2, 0.25) is 0 Å². The fraction of sp³-hybridized carbons (Fsp3) is 0.364. The van der Waals surface area contributed by atoms with E-state index in [1.807, 2.05) is 24.3 Å². The van der Waals surface area contributed by atoms with Crippen molar-refractivity contribution in [3.63, 3.8) is 0 Å². The third-order valence-corrected chi connectivity index (χ3v) is 2.61. The summed E-state index contributed by atoms with van der Waals surface area (Å²) in [6.07, 6.45) is 1.27. The fourth-order valence-corrected chi connectivity index (χ4v) is 1.96. The normalized spacial score (nSPS) is 20.4. The molecule has 1 aromatic rings. The third kappa shape index (κ3) is 1.38. The number of fused-ring (bicyclic) bond motifs is 1. The zero-order valence-electron chi connectivity index (χ0n) is 7.36. The number of Topliss-reactive ketones (excluding diaryl/α,β-unsaturated/α-hetero) is 1. The van der Waals surface area contributed by atoms with Crippen molar-refractivity contribution in [1.82, 2.24) is 0 Å². The van der Waals surface area contributed by atoms with Gasteiger partial charge in [-0.3, -0.25) is 4.79 Å². The van der Waals surface area contributed by atoms with E-state index in [1.165, 1.54) is 0 Å².